The Hall–Kier alpha value is -3.12. The van der Waals surface area contributed by atoms with E-state index in [2.05, 4.69) is 5.32 Å². The molecule has 2 heterocycles. The quantitative estimate of drug-likeness (QED) is 0.706. The number of carboxylic acid groups (broad SMARTS) is 1. The first-order chi connectivity index (χ1) is 13.4. The summed E-state index contributed by atoms with van der Waals surface area (Å²) in [5, 5.41) is 12.6. The lowest BCUT2D eigenvalue weighted by Gasteiger charge is -2.21. The van der Waals surface area contributed by atoms with E-state index in [9.17, 15) is 14.4 Å². The molecular formula is C21H17ClN2O4. The van der Waals surface area contributed by atoms with Crippen LogP contribution >= 0.6 is 11.6 Å². The summed E-state index contributed by atoms with van der Waals surface area (Å²) in [6, 6.07) is 10.1. The lowest BCUT2D eigenvalue weighted by Crippen LogP contribution is -2.26. The van der Waals surface area contributed by atoms with Gasteiger partial charge >= 0.3 is 5.97 Å². The second kappa shape index (κ2) is 7.13. The van der Waals surface area contributed by atoms with E-state index in [1.165, 1.54) is 0 Å². The van der Waals surface area contributed by atoms with Crippen LogP contribution in [0.4, 0.5) is 5.69 Å². The molecule has 0 bridgehead atoms. The van der Waals surface area contributed by atoms with Crippen LogP contribution in [0, 0.1) is 0 Å². The molecule has 142 valence electrons. The van der Waals surface area contributed by atoms with Crippen molar-refractivity contribution < 1.29 is 14.7 Å². The largest absolute Gasteiger partial charge is 0.481 e. The van der Waals surface area contributed by atoms with Crippen LogP contribution in [-0.4, -0.2) is 21.6 Å². The normalized spacial score (nSPS) is 12.8. The minimum absolute atomic E-state index is 0.00717. The summed E-state index contributed by atoms with van der Waals surface area (Å²) >= 11 is 6.18. The number of pyridine rings is 1. The van der Waals surface area contributed by atoms with Gasteiger partial charge < -0.3 is 15.0 Å². The van der Waals surface area contributed by atoms with Gasteiger partial charge in [0.15, 0.2) is 0 Å². The topological polar surface area (TPSA) is 88.4 Å². The van der Waals surface area contributed by atoms with Crippen LogP contribution in [0.3, 0.4) is 0 Å². The van der Waals surface area contributed by atoms with Crippen molar-refractivity contribution in [3.8, 4) is 0 Å². The van der Waals surface area contributed by atoms with Crippen molar-refractivity contribution in [2.75, 3.05) is 5.32 Å². The molecule has 28 heavy (non-hydrogen) atoms. The smallest absolute Gasteiger partial charge is 0.307 e. The van der Waals surface area contributed by atoms with E-state index < -0.39 is 11.9 Å². The third-order valence-electron chi connectivity index (χ3n) is 4.91. The molecule has 1 aliphatic rings. The Labute approximate surface area is 165 Å². The molecule has 1 amide bonds. The molecule has 1 aromatic heterocycles. The zero-order valence-electron chi connectivity index (χ0n) is 14.9. The maximum atomic E-state index is 13.0. The van der Waals surface area contributed by atoms with Gasteiger partial charge in [0.25, 0.3) is 5.91 Å². The summed E-state index contributed by atoms with van der Waals surface area (Å²) in [6.45, 7) is 0.710. The van der Waals surface area contributed by atoms with E-state index in [0.717, 1.165) is 23.9 Å². The molecule has 0 spiro atoms. The zero-order chi connectivity index (χ0) is 19.8. The number of anilines is 1. The first-order valence-electron chi connectivity index (χ1n) is 8.90. The predicted octanol–water partition coefficient (Wildman–Crippen LogP) is 3.48. The molecule has 1 aliphatic heterocycles. The number of carbonyl (C=O) groups excluding carboxylic acids is 1. The van der Waals surface area contributed by atoms with E-state index >= 15 is 0 Å². The molecule has 0 unspecified atom stereocenters. The molecular weight excluding hydrogens is 380 g/mol. The number of benzene rings is 2. The van der Waals surface area contributed by atoms with Crippen LogP contribution in [0.2, 0.25) is 5.02 Å². The van der Waals surface area contributed by atoms with Gasteiger partial charge in [-0.3, -0.25) is 14.4 Å². The van der Waals surface area contributed by atoms with Crippen LogP contribution < -0.4 is 10.7 Å². The molecule has 4 rings (SSSR count). The minimum Gasteiger partial charge on any atom is -0.481 e. The third-order valence-corrected chi connectivity index (χ3v) is 5.13. The van der Waals surface area contributed by atoms with E-state index in [-0.39, 0.29) is 17.4 Å². The molecule has 2 aromatic carbocycles. The number of carboxylic acids is 1. The van der Waals surface area contributed by atoms with Gasteiger partial charge in [-0.05, 0) is 42.2 Å². The van der Waals surface area contributed by atoms with Gasteiger partial charge in [0.05, 0.1) is 11.9 Å². The second-order valence-electron chi connectivity index (χ2n) is 6.81. The summed E-state index contributed by atoms with van der Waals surface area (Å²) in [4.78, 5) is 36.9. The van der Waals surface area contributed by atoms with Crippen molar-refractivity contribution in [3.05, 3.63) is 74.5 Å². The molecule has 2 N–H and O–H groups in total. The van der Waals surface area contributed by atoms with E-state index in [4.69, 9.17) is 16.7 Å². The zero-order valence-corrected chi connectivity index (χ0v) is 15.6. The lowest BCUT2D eigenvalue weighted by atomic mass is 9.99. The number of nitrogens with one attached hydrogen (secondary N) is 1. The summed E-state index contributed by atoms with van der Waals surface area (Å²) in [5.41, 5.74) is 2.29. The van der Waals surface area contributed by atoms with Crippen LogP contribution in [0.15, 0.2) is 47.4 Å². The van der Waals surface area contributed by atoms with E-state index in [1.807, 2.05) is 10.6 Å². The van der Waals surface area contributed by atoms with Gasteiger partial charge in [0.2, 0.25) is 5.43 Å². The highest BCUT2D eigenvalue weighted by molar-refractivity contribution is 6.31. The lowest BCUT2D eigenvalue weighted by molar-refractivity contribution is -0.136. The first-order valence-corrected chi connectivity index (χ1v) is 9.28. The number of rotatable bonds is 4. The van der Waals surface area contributed by atoms with Crippen LogP contribution in [0.5, 0.6) is 0 Å². The average Bonchev–Trinajstić information content (AvgIpc) is 2.65. The van der Waals surface area contributed by atoms with Gasteiger partial charge in [-0.1, -0.05) is 29.8 Å². The van der Waals surface area contributed by atoms with Crippen LogP contribution in [-0.2, 0) is 24.2 Å². The van der Waals surface area contributed by atoms with Crippen molar-refractivity contribution in [2.45, 2.75) is 25.8 Å². The Balaban J connectivity index is 1.79. The van der Waals surface area contributed by atoms with Crippen molar-refractivity contribution in [1.29, 1.82) is 0 Å². The molecule has 0 atom stereocenters. The average molecular weight is 397 g/mol. The maximum Gasteiger partial charge on any atom is 0.307 e. The Morgan fingerprint density at radius 3 is 2.79 bits per heavy atom. The van der Waals surface area contributed by atoms with Gasteiger partial charge in [-0.2, -0.15) is 0 Å². The van der Waals surface area contributed by atoms with Crippen molar-refractivity contribution in [3.63, 3.8) is 0 Å². The molecule has 0 fully saturated rings. The maximum absolute atomic E-state index is 13.0. The number of hydrogen-bond acceptors (Lipinski definition) is 3. The van der Waals surface area contributed by atoms with Gasteiger partial charge in [0, 0.05) is 28.8 Å². The fraction of sp³-hybridized carbons (Fsp3) is 0.190. The Morgan fingerprint density at radius 2 is 2.00 bits per heavy atom. The summed E-state index contributed by atoms with van der Waals surface area (Å²) in [5.74, 6) is -1.57. The molecule has 0 saturated heterocycles. The summed E-state index contributed by atoms with van der Waals surface area (Å²) < 4.78 is 1.92. The van der Waals surface area contributed by atoms with Crippen molar-refractivity contribution in [2.24, 2.45) is 0 Å². The first kappa shape index (κ1) is 18.3. The van der Waals surface area contributed by atoms with E-state index in [1.54, 1.807) is 36.5 Å². The predicted molar refractivity (Wildman–Crippen MR) is 107 cm³/mol. The minimum atomic E-state index is -1.00. The standard InChI is InChI=1S/C21H17ClN2O4/c22-14-8-13-5-3-7-24-11-16(20(27)15(10-14)19(13)24)21(28)23-17-6-2-1-4-12(17)9-18(25)26/h1-2,4,6,8,10-11H,3,5,7,9H2,(H,23,28)(H,25,26). The van der Waals surface area contributed by atoms with Gasteiger partial charge in [0.1, 0.15) is 5.56 Å². The highest BCUT2D eigenvalue weighted by Gasteiger charge is 2.21. The van der Waals surface area contributed by atoms with Crippen LogP contribution in [0.1, 0.15) is 27.9 Å². The number of amides is 1. The number of hydrogen-bond donors (Lipinski definition) is 2. The van der Waals surface area contributed by atoms with Crippen LogP contribution in [0.25, 0.3) is 10.9 Å². The molecule has 3 aromatic rings. The molecule has 0 aliphatic carbocycles. The number of carbonyl (C=O) groups is 2. The third kappa shape index (κ3) is 3.27. The number of aromatic nitrogens is 1. The summed E-state index contributed by atoms with van der Waals surface area (Å²) in [7, 11) is 0. The highest BCUT2D eigenvalue weighted by atomic mass is 35.5. The van der Waals surface area contributed by atoms with E-state index in [0.29, 0.717) is 28.2 Å². The van der Waals surface area contributed by atoms with Gasteiger partial charge in [-0.25, -0.2) is 0 Å². The SMILES string of the molecule is O=C(O)Cc1ccccc1NC(=O)c1cn2c3c(cc(Cl)cc3c1=O)CCC2. The fourth-order valence-corrected chi connectivity index (χ4v) is 3.95. The second-order valence-corrected chi connectivity index (χ2v) is 7.25. The number of nitrogens with zero attached hydrogens (tertiary/aromatic N) is 1. The number of aliphatic carboxylic acids is 1. The Bertz CT molecular complexity index is 1180. The van der Waals surface area contributed by atoms with Gasteiger partial charge in [-0.15, -0.1) is 0 Å². The number of para-hydroxylation sites is 1. The summed E-state index contributed by atoms with van der Waals surface area (Å²) in [6.07, 6.45) is 3.09. The molecule has 0 radical (unpaired) electrons. The Kier molecular flexibility index (Phi) is 4.65. The Morgan fingerprint density at radius 1 is 1.21 bits per heavy atom. The highest BCUT2D eigenvalue weighted by Crippen LogP contribution is 2.27. The van der Waals surface area contributed by atoms with Crippen molar-refractivity contribution in [1.82, 2.24) is 4.57 Å². The fourth-order valence-electron chi connectivity index (χ4n) is 3.71. The number of halogens is 1. The molecule has 6 nitrogen and oxygen atoms in total. The van der Waals surface area contributed by atoms with Crippen molar-refractivity contribution >= 4 is 40.1 Å². The molecule has 7 heteroatoms. The molecule has 0 saturated carbocycles. The number of aryl methyl sites for hydroxylation is 2. The monoisotopic (exact) mass is 396 g/mol.